The average molecular weight is 509 g/mol. The summed E-state index contributed by atoms with van der Waals surface area (Å²) >= 11 is 8.79. The van der Waals surface area contributed by atoms with Gasteiger partial charge in [-0.2, -0.15) is 0 Å². The highest BCUT2D eigenvalue weighted by Gasteiger charge is 2.22. The maximum absolute atomic E-state index is 13.0. The fraction of sp³-hybridized carbons (Fsp3) is 0.238. The van der Waals surface area contributed by atoms with Gasteiger partial charge in [0.05, 0.1) is 7.11 Å². The Morgan fingerprint density at radius 1 is 1.19 bits per heavy atom. The Labute approximate surface area is 199 Å². The first-order chi connectivity index (χ1) is 15.3. The highest BCUT2D eigenvalue weighted by Crippen LogP contribution is 2.35. The standard InChI is InChI=1S/C21H21ClN4O3S3/c1-13-17-12-14(22)4-9-18(17)31-20(13)32(27,28)23-11-10-19-24-25-21(30-3)26(19)15-5-7-16(29-2)8-6-15/h4-9,12,23H,10-11H2,1-3H3. The summed E-state index contributed by atoms with van der Waals surface area (Å²) in [7, 11) is -2.06. The first kappa shape index (κ1) is 23.1. The molecule has 0 aliphatic rings. The van der Waals surface area contributed by atoms with Crippen LogP contribution in [0, 0.1) is 6.92 Å². The zero-order chi connectivity index (χ0) is 22.9. The molecule has 2 aromatic heterocycles. The summed E-state index contributed by atoms with van der Waals surface area (Å²) in [6.07, 6.45) is 2.31. The molecule has 0 spiro atoms. The van der Waals surface area contributed by atoms with Crippen molar-refractivity contribution in [1.82, 2.24) is 19.5 Å². The van der Waals surface area contributed by atoms with Gasteiger partial charge in [-0.05, 0) is 66.6 Å². The van der Waals surface area contributed by atoms with E-state index in [9.17, 15) is 8.42 Å². The Bertz CT molecular complexity index is 1370. The van der Waals surface area contributed by atoms with E-state index in [1.165, 1.54) is 23.1 Å². The molecule has 4 aromatic rings. The number of methoxy groups -OCH3 is 1. The summed E-state index contributed by atoms with van der Waals surface area (Å²) in [5.74, 6) is 1.42. The van der Waals surface area contributed by atoms with Crippen LogP contribution in [0.25, 0.3) is 15.8 Å². The Morgan fingerprint density at radius 3 is 2.62 bits per heavy atom. The molecule has 11 heteroatoms. The molecule has 4 rings (SSSR count). The van der Waals surface area contributed by atoms with Crippen molar-refractivity contribution in [2.75, 3.05) is 19.9 Å². The van der Waals surface area contributed by atoms with Gasteiger partial charge >= 0.3 is 0 Å². The minimum Gasteiger partial charge on any atom is -0.497 e. The molecular weight excluding hydrogens is 488 g/mol. The van der Waals surface area contributed by atoms with Gasteiger partial charge in [0.25, 0.3) is 0 Å². The van der Waals surface area contributed by atoms with E-state index in [-0.39, 0.29) is 6.54 Å². The summed E-state index contributed by atoms with van der Waals surface area (Å²) in [6, 6.07) is 13.0. The lowest BCUT2D eigenvalue weighted by Crippen LogP contribution is -2.26. The average Bonchev–Trinajstić information content (AvgIpc) is 3.35. The predicted molar refractivity (Wildman–Crippen MR) is 130 cm³/mol. The molecule has 0 amide bonds. The number of benzene rings is 2. The summed E-state index contributed by atoms with van der Waals surface area (Å²) in [4.78, 5) is 0. The molecule has 0 atom stereocenters. The molecule has 0 radical (unpaired) electrons. The zero-order valence-corrected chi connectivity index (χ0v) is 20.8. The Hall–Kier alpha value is -2.11. The third-order valence-corrected chi connectivity index (χ3v) is 9.17. The number of nitrogens with zero attached hydrogens (tertiary/aromatic N) is 3. The fourth-order valence-corrected chi connectivity index (χ4v) is 6.88. The second kappa shape index (κ2) is 9.40. The second-order valence-corrected chi connectivity index (χ2v) is 11.2. The highest BCUT2D eigenvalue weighted by atomic mass is 35.5. The van der Waals surface area contributed by atoms with E-state index in [0.717, 1.165) is 26.7 Å². The summed E-state index contributed by atoms with van der Waals surface area (Å²) < 4.78 is 37.0. The van der Waals surface area contributed by atoms with E-state index in [0.29, 0.717) is 27.0 Å². The SMILES string of the molecule is COc1ccc(-n2c(CCNS(=O)(=O)c3sc4ccc(Cl)cc4c3C)nnc2SC)cc1. The highest BCUT2D eigenvalue weighted by molar-refractivity contribution is 7.98. The minimum absolute atomic E-state index is 0.194. The van der Waals surface area contributed by atoms with Gasteiger partial charge in [0.2, 0.25) is 10.0 Å². The summed E-state index contributed by atoms with van der Waals surface area (Å²) in [5.41, 5.74) is 1.58. The molecule has 7 nitrogen and oxygen atoms in total. The quantitative estimate of drug-likeness (QED) is 0.347. The molecule has 0 unspecified atom stereocenters. The molecule has 2 aromatic carbocycles. The number of aromatic nitrogens is 3. The van der Waals surface area contributed by atoms with E-state index in [4.69, 9.17) is 16.3 Å². The van der Waals surface area contributed by atoms with Gasteiger partial charge in [-0.25, -0.2) is 13.1 Å². The molecular formula is C21H21ClN4O3S3. The molecule has 0 saturated carbocycles. The van der Waals surface area contributed by atoms with Gasteiger partial charge < -0.3 is 4.74 Å². The molecule has 0 fully saturated rings. The monoisotopic (exact) mass is 508 g/mol. The topological polar surface area (TPSA) is 86.1 Å². The van der Waals surface area contributed by atoms with E-state index in [1.807, 2.05) is 41.2 Å². The zero-order valence-electron chi connectivity index (χ0n) is 17.6. The number of halogens is 1. The Balaban J connectivity index is 1.54. The van der Waals surface area contributed by atoms with Crippen molar-refractivity contribution in [3.05, 3.63) is 58.9 Å². The van der Waals surface area contributed by atoms with Gasteiger partial charge in [0, 0.05) is 28.4 Å². The minimum atomic E-state index is -3.67. The number of sulfonamides is 1. The lowest BCUT2D eigenvalue weighted by Gasteiger charge is -2.11. The van der Waals surface area contributed by atoms with Gasteiger partial charge in [-0.15, -0.1) is 21.5 Å². The smallest absolute Gasteiger partial charge is 0.250 e. The van der Waals surface area contributed by atoms with Crippen molar-refractivity contribution < 1.29 is 13.2 Å². The summed E-state index contributed by atoms with van der Waals surface area (Å²) in [5, 5.41) is 10.7. The van der Waals surface area contributed by atoms with Crippen molar-refractivity contribution in [2.45, 2.75) is 22.7 Å². The normalized spacial score (nSPS) is 11.9. The number of hydrogen-bond donors (Lipinski definition) is 1. The third-order valence-electron chi connectivity index (χ3n) is 4.95. The van der Waals surface area contributed by atoms with Crippen LogP contribution in [0.3, 0.4) is 0 Å². The van der Waals surface area contributed by atoms with Crippen LogP contribution in [0.15, 0.2) is 51.8 Å². The van der Waals surface area contributed by atoms with E-state index >= 15 is 0 Å². The van der Waals surface area contributed by atoms with Crippen molar-refractivity contribution >= 4 is 54.8 Å². The van der Waals surface area contributed by atoms with Crippen LogP contribution in [0.1, 0.15) is 11.4 Å². The number of hydrogen-bond acceptors (Lipinski definition) is 7. The van der Waals surface area contributed by atoms with Crippen LogP contribution in [0.4, 0.5) is 0 Å². The number of rotatable bonds is 8. The molecule has 0 aliphatic heterocycles. The lowest BCUT2D eigenvalue weighted by atomic mass is 10.2. The number of aryl methyl sites for hydroxylation is 1. The second-order valence-electron chi connectivity index (χ2n) is 6.94. The molecule has 0 bridgehead atoms. The molecule has 32 heavy (non-hydrogen) atoms. The summed E-state index contributed by atoms with van der Waals surface area (Å²) in [6.45, 7) is 1.99. The molecule has 168 valence electrons. The van der Waals surface area contributed by atoms with Gasteiger partial charge in [-0.1, -0.05) is 23.4 Å². The number of nitrogens with one attached hydrogen (secondary N) is 1. The van der Waals surface area contributed by atoms with Crippen LogP contribution in [-0.2, 0) is 16.4 Å². The molecule has 0 aliphatic carbocycles. The van der Waals surface area contributed by atoms with Crippen LogP contribution >= 0.6 is 34.7 Å². The first-order valence-corrected chi connectivity index (χ1v) is 13.6. The molecule has 0 saturated heterocycles. The Kier molecular flexibility index (Phi) is 6.78. The number of thioether (sulfide) groups is 1. The van der Waals surface area contributed by atoms with Crippen LogP contribution in [0.5, 0.6) is 5.75 Å². The number of fused-ring (bicyclic) bond motifs is 1. The maximum Gasteiger partial charge on any atom is 0.250 e. The van der Waals surface area contributed by atoms with Crippen molar-refractivity contribution in [2.24, 2.45) is 0 Å². The van der Waals surface area contributed by atoms with Crippen LogP contribution < -0.4 is 9.46 Å². The van der Waals surface area contributed by atoms with Gasteiger partial charge in [0.1, 0.15) is 15.8 Å². The lowest BCUT2D eigenvalue weighted by molar-refractivity contribution is 0.414. The van der Waals surface area contributed by atoms with Gasteiger partial charge in [-0.3, -0.25) is 4.57 Å². The molecule has 2 heterocycles. The van der Waals surface area contributed by atoms with E-state index in [1.54, 1.807) is 26.2 Å². The fourth-order valence-electron chi connectivity index (χ4n) is 3.37. The third kappa shape index (κ3) is 4.51. The first-order valence-electron chi connectivity index (χ1n) is 9.65. The maximum atomic E-state index is 13.0. The molecule has 1 N–H and O–H groups in total. The van der Waals surface area contributed by atoms with Crippen molar-refractivity contribution in [3.8, 4) is 11.4 Å². The van der Waals surface area contributed by atoms with E-state index < -0.39 is 10.0 Å². The van der Waals surface area contributed by atoms with Crippen molar-refractivity contribution in [3.63, 3.8) is 0 Å². The van der Waals surface area contributed by atoms with E-state index in [2.05, 4.69) is 14.9 Å². The van der Waals surface area contributed by atoms with Crippen LogP contribution in [0.2, 0.25) is 5.02 Å². The Morgan fingerprint density at radius 2 is 1.94 bits per heavy atom. The number of thiophene rings is 1. The largest absolute Gasteiger partial charge is 0.497 e. The predicted octanol–water partition coefficient (Wildman–Crippen LogP) is 4.70. The van der Waals surface area contributed by atoms with Gasteiger partial charge in [0.15, 0.2) is 5.16 Å². The van der Waals surface area contributed by atoms with Crippen molar-refractivity contribution in [1.29, 1.82) is 0 Å². The number of ether oxygens (including phenoxy) is 1. The van der Waals surface area contributed by atoms with Crippen LogP contribution in [-0.4, -0.2) is 43.1 Å².